The zero-order valence-corrected chi connectivity index (χ0v) is 41.5. The molecule has 3 N–H and O–H groups in total. The molecule has 14 heteroatoms. The van der Waals surface area contributed by atoms with Crippen LogP contribution in [-0.4, -0.2) is 139 Å². The second kappa shape index (κ2) is 28.8. The Morgan fingerprint density at radius 1 is 0.879 bits per heavy atom. The summed E-state index contributed by atoms with van der Waals surface area (Å²) in [5.41, 5.74) is 1.44. The molecule has 2 aliphatic heterocycles. The van der Waals surface area contributed by atoms with Crippen molar-refractivity contribution in [3.8, 4) is 0 Å². The van der Waals surface area contributed by atoms with Crippen molar-refractivity contribution in [2.75, 3.05) is 41.1 Å². The maximum atomic E-state index is 13.9. The molecular weight excluding hydrogens is 847 g/mol. The van der Waals surface area contributed by atoms with Crippen LogP contribution < -0.4 is 0 Å². The molecule has 66 heavy (non-hydrogen) atoms. The first-order valence-electron chi connectivity index (χ1n) is 24.3. The molecule has 3 rings (SSSR count). The van der Waals surface area contributed by atoms with Gasteiger partial charge in [0.15, 0.2) is 11.6 Å². The standard InChI is InChI=1S/C52H83NO13/c1-32(16-12-11-13-17-34(3)45(62-8)28-40-21-19-33(2)31-65-40)24-37(6)48(58)50(64-10)49(59)38(7)25-35(4)43(56)29-46(36(5)26-39-20-22-42(55)47(27-39)63-9)66-52(61)41-18-14-15-23-53(41)51(60)44(57)30-54/h11-13,16-17,25,32-33,36-42,45-47,49-50,54-55,59H,14-15,18-24,26-31H2,1-10H3/b13-11?,16-12?,34-17?,35-25-. The maximum Gasteiger partial charge on any atom is 0.329 e. The molecule has 374 valence electrons. The number of allylic oxidation sites excluding steroid dienone is 6. The van der Waals surface area contributed by atoms with Crippen LogP contribution in [0.15, 0.2) is 47.6 Å². The number of hydrogen-bond donors (Lipinski definition) is 3. The smallest absolute Gasteiger partial charge is 0.329 e. The van der Waals surface area contributed by atoms with Crippen molar-refractivity contribution in [2.24, 2.45) is 35.5 Å². The SMILES string of the molecule is COC(CC1CCC(C)CO1)C(C)=CC=CC=CC(C)CC(C)C(=O)C(OC)C(O)C(C)/C=C(/C)C(=O)CC(OC(=O)C1CCCCN1C(=O)C(=O)CO)C(C)CC1CCC(O)C(OC)C1. The Bertz CT molecular complexity index is 1680. The number of likely N-dealkylation sites (tertiary alicyclic amines) is 1. The van der Waals surface area contributed by atoms with E-state index in [1.807, 2.05) is 45.1 Å². The van der Waals surface area contributed by atoms with Crippen LogP contribution in [0.5, 0.6) is 0 Å². The van der Waals surface area contributed by atoms with Crippen LogP contribution in [-0.2, 0) is 47.7 Å². The Labute approximate surface area is 394 Å². The summed E-state index contributed by atoms with van der Waals surface area (Å²) >= 11 is 0. The van der Waals surface area contributed by atoms with Crippen LogP contribution in [0.4, 0.5) is 0 Å². The van der Waals surface area contributed by atoms with E-state index in [2.05, 4.69) is 19.9 Å². The number of rotatable bonds is 26. The topological polar surface area (TPSA) is 195 Å². The number of carbonyl (C=O) groups excluding carboxylic acids is 5. The number of hydrogen-bond acceptors (Lipinski definition) is 13. The van der Waals surface area contributed by atoms with Gasteiger partial charge < -0.3 is 43.9 Å². The molecule has 0 aromatic rings. The van der Waals surface area contributed by atoms with Crippen LogP contribution in [0, 0.1) is 35.5 Å². The van der Waals surface area contributed by atoms with Gasteiger partial charge in [-0.15, -0.1) is 0 Å². The molecule has 14 nitrogen and oxygen atoms in total. The number of nitrogens with zero attached hydrogens (tertiary/aromatic N) is 1. The van der Waals surface area contributed by atoms with E-state index in [1.54, 1.807) is 34.1 Å². The average molecular weight is 930 g/mol. The Kier molecular flexibility index (Phi) is 24.9. The molecule has 1 saturated carbocycles. The van der Waals surface area contributed by atoms with Crippen LogP contribution in [0.3, 0.4) is 0 Å². The van der Waals surface area contributed by atoms with E-state index in [-0.39, 0.29) is 67.0 Å². The third-order valence-corrected chi connectivity index (χ3v) is 14.0. The fourth-order valence-corrected chi connectivity index (χ4v) is 9.70. The minimum atomic E-state index is -1.25. The lowest BCUT2D eigenvalue weighted by Gasteiger charge is -2.37. The highest BCUT2D eigenvalue weighted by atomic mass is 16.5. The minimum absolute atomic E-state index is 0.0151. The highest BCUT2D eigenvalue weighted by molar-refractivity contribution is 6.37. The number of esters is 1. The molecule has 0 radical (unpaired) electrons. The molecule has 2 heterocycles. The molecule has 3 fully saturated rings. The number of ketones is 3. The molecule has 1 aliphatic carbocycles. The van der Waals surface area contributed by atoms with Crippen molar-refractivity contribution >= 4 is 29.2 Å². The normalized spacial score (nSPS) is 27.1. The molecule has 0 spiro atoms. The Balaban J connectivity index is 1.65. The van der Waals surface area contributed by atoms with E-state index in [4.69, 9.17) is 23.7 Å². The van der Waals surface area contributed by atoms with Gasteiger partial charge >= 0.3 is 5.97 Å². The van der Waals surface area contributed by atoms with Crippen molar-refractivity contribution in [3.05, 3.63) is 47.6 Å². The van der Waals surface area contributed by atoms with E-state index in [1.165, 1.54) is 13.5 Å². The van der Waals surface area contributed by atoms with E-state index in [0.29, 0.717) is 50.0 Å². The number of ether oxygens (including phenoxy) is 5. The van der Waals surface area contributed by atoms with Crippen LogP contribution >= 0.6 is 0 Å². The molecule has 1 amide bonds. The third kappa shape index (κ3) is 17.6. The first-order valence-corrected chi connectivity index (χ1v) is 24.3. The van der Waals surface area contributed by atoms with Gasteiger partial charge in [-0.25, -0.2) is 4.79 Å². The summed E-state index contributed by atoms with van der Waals surface area (Å²) in [5, 5.41) is 31.2. The predicted molar refractivity (Wildman–Crippen MR) is 252 cm³/mol. The number of aliphatic hydroxyl groups excluding tert-OH is 3. The maximum absolute atomic E-state index is 13.9. The molecule has 3 aliphatic rings. The zero-order chi connectivity index (χ0) is 49.1. The Morgan fingerprint density at radius 2 is 1.61 bits per heavy atom. The van der Waals surface area contributed by atoms with Gasteiger partial charge in [0.25, 0.3) is 5.91 Å². The number of piperidine rings is 1. The summed E-state index contributed by atoms with van der Waals surface area (Å²) in [4.78, 5) is 67.6. The fraction of sp³-hybridized carbons (Fsp3) is 0.750. The second-order valence-corrected chi connectivity index (χ2v) is 19.6. The van der Waals surface area contributed by atoms with Crippen LogP contribution in [0.2, 0.25) is 0 Å². The van der Waals surface area contributed by atoms with Gasteiger partial charge in [-0.3, -0.25) is 19.2 Å². The highest BCUT2D eigenvalue weighted by Gasteiger charge is 2.39. The molecule has 14 unspecified atom stereocenters. The van der Waals surface area contributed by atoms with Crippen molar-refractivity contribution in [1.82, 2.24) is 4.90 Å². The van der Waals surface area contributed by atoms with Gasteiger partial charge in [0.05, 0.1) is 30.5 Å². The van der Waals surface area contributed by atoms with E-state index >= 15 is 0 Å². The largest absolute Gasteiger partial charge is 0.460 e. The predicted octanol–water partition coefficient (Wildman–Crippen LogP) is 6.47. The molecule has 14 atom stereocenters. The monoisotopic (exact) mass is 930 g/mol. The zero-order valence-electron chi connectivity index (χ0n) is 41.5. The van der Waals surface area contributed by atoms with E-state index < -0.39 is 66.6 Å². The highest BCUT2D eigenvalue weighted by Crippen LogP contribution is 2.34. The average Bonchev–Trinajstić information content (AvgIpc) is 3.30. The van der Waals surface area contributed by atoms with Crippen molar-refractivity contribution in [3.63, 3.8) is 0 Å². The lowest BCUT2D eigenvalue weighted by molar-refractivity contribution is -0.166. The minimum Gasteiger partial charge on any atom is -0.460 e. The lowest BCUT2D eigenvalue weighted by Crippen LogP contribution is -2.52. The van der Waals surface area contributed by atoms with Gasteiger partial charge in [-0.1, -0.05) is 71.1 Å². The van der Waals surface area contributed by atoms with Crippen molar-refractivity contribution < 1.29 is 63.0 Å². The summed E-state index contributed by atoms with van der Waals surface area (Å²) < 4.78 is 29.0. The van der Waals surface area contributed by atoms with Gasteiger partial charge in [-0.05, 0) is 113 Å². The first-order chi connectivity index (χ1) is 31.3. The number of amides is 1. The Morgan fingerprint density at radius 3 is 2.24 bits per heavy atom. The first kappa shape index (κ1) is 57.0. The molecule has 0 bridgehead atoms. The number of aliphatic hydroxyl groups is 3. The molecular formula is C52H83NO13. The third-order valence-electron chi connectivity index (χ3n) is 14.0. The van der Waals surface area contributed by atoms with E-state index in [0.717, 1.165) is 36.3 Å². The molecule has 0 aromatic heterocycles. The summed E-state index contributed by atoms with van der Waals surface area (Å²) in [5.74, 6) is -3.84. The van der Waals surface area contributed by atoms with Crippen LogP contribution in [0.1, 0.15) is 126 Å². The molecule has 2 saturated heterocycles. The van der Waals surface area contributed by atoms with Crippen molar-refractivity contribution in [2.45, 2.75) is 174 Å². The summed E-state index contributed by atoms with van der Waals surface area (Å²) in [7, 11) is 4.68. The van der Waals surface area contributed by atoms with E-state index in [9.17, 15) is 39.3 Å². The molecule has 0 aromatic carbocycles. The number of methoxy groups -OCH3 is 3. The van der Waals surface area contributed by atoms with Crippen molar-refractivity contribution in [1.29, 1.82) is 0 Å². The Hall–Kier alpha value is -3.37. The number of carbonyl (C=O) groups is 5. The summed E-state index contributed by atoms with van der Waals surface area (Å²) in [6, 6.07) is -1.04. The van der Waals surface area contributed by atoms with Gasteiger partial charge in [-0.2, -0.15) is 0 Å². The van der Waals surface area contributed by atoms with Crippen LogP contribution in [0.25, 0.3) is 0 Å². The lowest BCUT2D eigenvalue weighted by atomic mass is 9.78. The van der Waals surface area contributed by atoms with Gasteiger partial charge in [0.1, 0.15) is 24.9 Å². The quantitative estimate of drug-likeness (QED) is 0.0370. The van der Waals surface area contributed by atoms with Gasteiger partial charge in [0, 0.05) is 59.2 Å². The van der Waals surface area contributed by atoms with Gasteiger partial charge in [0.2, 0.25) is 5.78 Å². The summed E-state index contributed by atoms with van der Waals surface area (Å²) in [6.45, 7) is 13.4. The second-order valence-electron chi connectivity index (χ2n) is 19.6. The number of Topliss-reactive ketones (excluding diaryl/α,β-unsaturated/α-hetero) is 3. The summed E-state index contributed by atoms with van der Waals surface area (Å²) in [6.07, 6.45) is 15.0. The fourth-order valence-electron chi connectivity index (χ4n) is 9.70.